The van der Waals surface area contributed by atoms with E-state index in [4.69, 9.17) is 14.5 Å². The van der Waals surface area contributed by atoms with E-state index in [0.717, 1.165) is 35.6 Å². The molecule has 1 aromatic heterocycles. The molecular weight excluding hydrogens is 414 g/mol. The Labute approximate surface area is 194 Å². The number of rotatable bonds is 10. The Hall–Kier alpha value is -3.80. The van der Waals surface area contributed by atoms with E-state index >= 15 is 0 Å². The number of para-hydroxylation sites is 3. The molecule has 4 aromatic rings. The first kappa shape index (κ1) is 22.4. The van der Waals surface area contributed by atoms with Crippen molar-refractivity contribution in [2.24, 2.45) is 0 Å². The minimum Gasteiger partial charge on any atom is -0.493 e. The van der Waals surface area contributed by atoms with E-state index < -0.39 is 0 Å². The summed E-state index contributed by atoms with van der Waals surface area (Å²) in [5.74, 6) is 2.23. The molecule has 1 N–H and O–H groups in total. The molecule has 0 spiro atoms. The molecule has 0 bridgehead atoms. The fourth-order valence-corrected chi connectivity index (χ4v) is 3.69. The summed E-state index contributed by atoms with van der Waals surface area (Å²) in [6.07, 6.45) is 0.825. The molecular formula is C27H29N3O3. The van der Waals surface area contributed by atoms with Crippen LogP contribution in [0.4, 0.5) is 0 Å². The zero-order valence-corrected chi connectivity index (χ0v) is 19.1. The van der Waals surface area contributed by atoms with Crippen LogP contribution in [0, 0.1) is 13.8 Å². The SMILES string of the molecule is Cc1cccc(OCCCn2c(CNC(=O)COc3ccccc3)nc3ccccc32)c1C. The van der Waals surface area contributed by atoms with Gasteiger partial charge in [-0.3, -0.25) is 4.79 Å². The smallest absolute Gasteiger partial charge is 0.258 e. The van der Waals surface area contributed by atoms with Crippen LogP contribution in [0.15, 0.2) is 72.8 Å². The Bertz CT molecular complexity index is 1220. The third-order valence-electron chi connectivity index (χ3n) is 5.63. The zero-order valence-electron chi connectivity index (χ0n) is 19.1. The molecule has 6 heteroatoms. The summed E-state index contributed by atoms with van der Waals surface area (Å²) in [5, 5.41) is 2.92. The lowest BCUT2D eigenvalue weighted by atomic mass is 10.1. The van der Waals surface area contributed by atoms with Crippen molar-refractivity contribution in [3.8, 4) is 11.5 Å². The minimum absolute atomic E-state index is 0.0338. The standard InChI is InChI=1S/C27H29N3O3/c1-20-10-8-15-25(21(20)2)32-17-9-16-30-24-14-7-6-13-23(24)29-26(30)18-28-27(31)19-33-22-11-4-3-5-12-22/h3-8,10-15H,9,16-19H2,1-2H3,(H,28,31). The van der Waals surface area contributed by atoms with Gasteiger partial charge in [-0.2, -0.15) is 0 Å². The van der Waals surface area contributed by atoms with Gasteiger partial charge in [-0.15, -0.1) is 0 Å². The second-order valence-electron chi connectivity index (χ2n) is 7.95. The number of aromatic nitrogens is 2. The Morgan fingerprint density at radius 1 is 0.939 bits per heavy atom. The summed E-state index contributed by atoms with van der Waals surface area (Å²) in [6, 6.07) is 23.4. The van der Waals surface area contributed by atoms with E-state index in [0.29, 0.717) is 18.9 Å². The summed E-state index contributed by atoms with van der Waals surface area (Å²) in [6.45, 7) is 5.82. The number of benzene rings is 3. The van der Waals surface area contributed by atoms with E-state index in [-0.39, 0.29) is 12.5 Å². The highest BCUT2D eigenvalue weighted by atomic mass is 16.5. The van der Waals surface area contributed by atoms with E-state index in [1.807, 2.05) is 60.7 Å². The van der Waals surface area contributed by atoms with Crippen molar-refractivity contribution in [1.82, 2.24) is 14.9 Å². The highest BCUT2D eigenvalue weighted by Gasteiger charge is 2.12. The Morgan fingerprint density at radius 2 is 1.73 bits per heavy atom. The van der Waals surface area contributed by atoms with Gasteiger partial charge in [-0.05, 0) is 61.7 Å². The molecule has 0 fully saturated rings. The van der Waals surface area contributed by atoms with Crippen molar-refractivity contribution in [3.05, 3.63) is 89.7 Å². The molecule has 170 valence electrons. The number of hydrogen-bond acceptors (Lipinski definition) is 4. The van der Waals surface area contributed by atoms with Gasteiger partial charge < -0.3 is 19.4 Å². The normalized spacial score (nSPS) is 10.8. The number of nitrogens with one attached hydrogen (secondary N) is 1. The fraction of sp³-hybridized carbons (Fsp3) is 0.259. The monoisotopic (exact) mass is 443 g/mol. The summed E-state index contributed by atoms with van der Waals surface area (Å²) < 4.78 is 13.7. The van der Waals surface area contributed by atoms with Crippen LogP contribution < -0.4 is 14.8 Å². The molecule has 3 aromatic carbocycles. The van der Waals surface area contributed by atoms with Gasteiger partial charge >= 0.3 is 0 Å². The number of imidazole rings is 1. The van der Waals surface area contributed by atoms with Gasteiger partial charge in [-0.25, -0.2) is 4.98 Å². The summed E-state index contributed by atoms with van der Waals surface area (Å²) in [5.41, 5.74) is 4.36. The third kappa shape index (κ3) is 5.71. The van der Waals surface area contributed by atoms with Crippen molar-refractivity contribution in [1.29, 1.82) is 0 Å². The van der Waals surface area contributed by atoms with Crippen LogP contribution in [-0.2, 0) is 17.9 Å². The van der Waals surface area contributed by atoms with Gasteiger partial charge in [0.25, 0.3) is 5.91 Å². The van der Waals surface area contributed by atoms with Crippen molar-refractivity contribution in [3.63, 3.8) is 0 Å². The van der Waals surface area contributed by atoms with Crippen LogP contribution in [0.1, 0.15) is 23.4 Å². The topological polar surface area (TPSA) is 65.4 Å². The van der Waals surface area contributed by atoms with Gasteiger partial charge in [0.15, 0.2) is 6.61 Å². The zero-order chi connectivity index (χ0) is 23.0. The first-order valence-electron chi connectivity index (χ1n) is 11.2. The van der Waals surface area contributed by atoms with Crippen LogP contribution in [0.5, 0.6) is 11.5 Å². The summed E-state index contributed by atoms with van der Waals surface area (Å²) in [4.78, 5) is 17.0. The average Bonchev–Trinajstić information content (AvgIpc) is 3.19. The predicted octanol–water partition coefficient (Wildman–Crippen LogP) is 4.82. The predicted molar refractivity (Wildman–Crippen MR) is 130 cm³/mol. The maximum atomic E-state index is 12.3. The molecule has 6 nitrogen and oxygen atoms in total. The van der Waals surface area contributed by atoms with E-state index in [9.17, 15) is 4.79 Å². The third-order valence-corrected chi connectivity index (χ3v) is 5.63. The maximum absolute atomic E-state index is 12.3. The second kappa shape index (κ2) is 10.7. The lowest BCUT2D eigenvalue weighted by Gasteiger charge is -2.13. The van der Waals surface area contributed by atoms with E-state index in [2.05, 4.69) is 35.9 Å². The van der Waals surface area contributed by atoms with Gasteiger partial charge in [0.2, 0.25) is 0 Å². The Kier molecular flexibility index (Phi) is 7.25. The molecule has 0 unspecified atom stereocenters. The van der Waals surface area contributed by atoms with E-state index in [1.54, 1.807) is 0 Å². The number of carbonyl (C=O) groups excluding carboxylic acids is 1. The number of ether oxygens (including phenoxy) is 2. The first-order chi connectivity index (χ1) is 16.1. The highest BCUT2D eigenvalue weighted by molar-refractivity contribution is 5.78. The van der Waals surface area contributed by atoms with Crippen molar-refractivity contribution in [2.45, 2.75) is 33.4 Å². The van der Waals surface area contributed by atoms with Crippen molar-refractivity contribution >= 4 is 16.9 Å². The largest absolute Gasteiger partial charge is 0.493 e. The van der Waals surface area contributed by atoms with Crippen molar-refractivity contribution < 1.29 is 14.3 Å². The number of hydrogen-bond donors (Lipinski definition) is 1. The van der Waals surface area contributed by atoms with Gasteiger partial charge in [0.1, 0.15) is 17.3 Å². The average molecular weight is 444 g/mol. The Morgan fingerprint density at radius 3 is 2.58 bits per heavy atom. The number of aryl methyl sites for hydroxylation is 2. The van der Waals surface area contributed by atoms with E-state index in [1.165, 1.54) is 11.1 Å². The van der Waals surface area contributed by atoms with Crippen LogP contribution in [0.2, 0.25) is 0 Å². The number of fused-ring (bicyclic) bond motifs is 1. The molecule has 0 saturated carbocycles. The van der Waals surface area contributed by atoms with Crippen LogP contribution in [0.3, 0.4) is 0 Å². The molecule has 1 amide bonds. The molecule has 0 aliphatic rings. The molecule has 4 rings (SSSR count). The molecule has 0 saturated heterocycles. The quantitative estimate of drug-likeness (QED) is 0.357. The van der Waals surface area contributed by atoms with Crippen molar-refractivity contribution in [2.75, 3.05) is 13.2 Å². The van der Waals surface area contributed by atoms with Crippen LogP contribution in [-0.4, -0.2) is 28.7 Å². The molecule has 1 heterocycles. The number of amides is 1. The maximum Gasteiger partial charge on any atom is 0.258 e. The Balaban J connectivity index is 1.36. The molecule has 0 aliphatic heterocycles. The lowest BCUT2D eigenvalue weighted by molar-refractivity contribution is -0.123. The van der Waals surface area contributed by atoms with Crippen LogP contribution >= 0.6 is 0 Å². The molecule has 0 aliphatic carbocycles. The molecule has 0 radical (unpaired) electrons. The number of nitrogens with zero attached hydrogens (tertiary/aromatic N) is 2. The summed E-state index contributed by atoms with van der Waals surface area (Å²) in [7, 11) is 0. The minimum atomic E-state index is -0.185. The summed E-state index contributed by atoms with van der Waals surface area (Å²) >= 11 is 0. The van der Waals surface area contributed by atoms with Crippen LogP contribution in [0.25, 0.3) is 11.0 Å². The molecule has 0 atom stereocenters. The number of carbonyl (C=O) groups is 1. The highest BCUT2D eigenvalue weighted by Crippen LogP contribution is 2.21. The molecule has 33 heavy (non-hydrogen) atoms. The van der Waals surface area contributed by atoms with Gasteiger partial charge in [0.05, 0.1) is 24.2 Å². The first-order valence-corrected chi connectivity index (χ1v) is 11.2. The second-order valence-corrected chi connectivity index (χ2v) is 7.95. The lowest BCUT2D eigenvalue weighted by Crippen LogP contribution is -2.29. The van der Waals surface area contributed by atoms with Gasteiger partial charge in [0, 0.05) is 6.54 Å². The van der Waals surface area contributed by atoms with Gasteiger partial charge in [-0.1, -0.05) is 42.5 Å². The fourth-order valence-electron chi connectivity index (χ4n) is 3.69.